The van der Waals surface area contributed by atoms with E-state index in [1.54, 1.807) is 14.2 Å². The predicted molar refractivity (Wildman–Crippen MR) is 61.9 cm³/mol. The Labute approximate surface area is 95.1 Å². The largest absolute Gasteiger partial charge is 0.496 e. The van der Waals surface area contributed by atoms with Gasteiger partial charge in [-0.15, -0.1) is 11.6 Å². The zero-order chi connectivity index (χ0) is 11.4. The van der Waals surface area contributed by atoms with Crippen LogP contribution < -0.4 is 15.2 Å². The minimum atomic E-state index is -0.240. The summed E-state index contributed by atoms with van der Waals surface area (Å²) in [6, 6.07) is 3.54. The fourth-order valence-electron chi connectivity index (χ4n) is 1.45. The molecule has 1 aromatic rings. The zero-order valence-corrected chi connectivity index (χ0v) is 9.97. The summed E-state index contributed by atoms with van der Waals surface area (Å²) in [5.41, 5.74) is 7.76. The molecule has 1 atom stereocenters. The molecular formula is C11H16ClNO2. The first kappa shape index (κ1) is 12.1. The van der Waals surface area contributed by atoms with E-state index >= 15 is 0 Å². The number of methoxy groups -OCH3 is 2. The molecule has 1 aromatic carbocycles. The maximum atomic E-state index is 5.88. The number of hydrogen-bond donors (Lipinski definition) is 1. The van der Waals surface area contributed by atoms with Gasteiger partial charge in [-0.2, -0.15) is 0 Å². The van der Waals surface area contributed by atoms with Crippen LogP contribution in [0.3, 0.4) is 0 Å². The van der Waals surface area contributed by atoms with Crippen LogP contribution in [-0.4, -0.2) is 20.1 Å². The molecule has 0 aliphatic rings. The Morgan fingerprint density at radius 2 is 1.87 bits per heavy atom. The van der Waals surface area contributed by atoms with Crippen LogP contribution in [-0.2, 0) is 0 Å². The van der Waals surface area contributed by atoms with Gasteiger partial charge >= 0.3 is 0 Å². The molecule has 84 valence electrons. The highest BCUT2D eigenvalue weighted by Crippen LogP contribution is 2.31. The van der Waals surface area contributed by atoms with Crippen LogP contribution in [0.4, 0.5) is 0 Å². The van der Waals surface area contributed by atoms with Crippen molar-refractivity contribution in [2.75, 3.05) is 20.1 Å². The van der Waals surface area contributed by atoms with Crippen LogP contribution in [0, 0.1) is 6.92 Å². The summed E-state index contributed by atoms with van der Waals surface area (Å²) >= 11 is 5.73. The first-order valence-corrected chi connectivity index (χ1v) is 5.21. The Kier molecular flexibility index (Phi) is 4.24. The van der Waals surface area contributed by atoms with E-state index in [1.807, 2.05) is 19.1 Å². The maximum Gasteiger partial charge on any atom is 0.124 e. The average Bonchev–Trinajstić information content (AvgIpc) is 2.27. The molecule has 0 heterocycles. The summed E-state index contributed by atoms with van der Waals surface area (Å²) in [5, 5.41) is 0. The summed E-state index contributed by atoms with van der Waals surface area (Å²) < 4.78 is 10.5. The number of rotatable bonds is 4. The molecule has 0 aliphatic heterocycles. The lowest BCUT2D eigenvalue weighted by atomic mass is 10.0. The van der Waals surface area contributed by atoms with Gasteiger partial charge in [-0.3, -0.25) is 0 Å². The van der Waals surface area contributed by atoms with Crippen LogP contribution in [0.15, 0.2) is 12.1 Å². The van der Waals surface area contributed by atoms with Gasteiger partial charge in [0, 0.05) is 17.5 Å². The van der Waals surface area contributed by atoms with Gasteiger partial charge in [0.25, 0.3) is 0 Å². The third-order valence-electron chi connectivity index (χ3n) is 2.31. The summed E-state index contributed by atoms with van der Waals surface area (Å²) in [6.45, 7) is 1.96. The second-order valence-electron chi connectivity index (χ2n) is 3.32. The van der Waals surface area contributed by atoms with Crippen molar-refractivity contribution >= 4 is 11.6 Å². The molecule has 0 bridgehead atoms. The lowest BCUT2D eigenvalue weighted by Gasteiger charge is -2.16. The molecule has 0 fully saturated rings. The quantitative estimate of drug-likeness (QED) is 0.806. The van der Waals surface area contributed by atoms with Crippen LogP contribution >= 0.6 is 11.6 Å². The fraction of sp³-hybridized carbons (Fsp3) is 0.455. The highest BCUT2D eigenvalue weighted by atomic mass is 35.5. The lowest BCUT2D eigenvalue weighted by Crippen LogP contribution is -2.13. The minimum absolute atomic E-state index is 0.240. The summed E-state index contributed by atoms with van der Waals surface area (Å²) in [6.07, 6.45) is 0. The van der Waals surface area contributed by atoms with Crippen molar-refractivity contribution in [3.05, 3.63) is 23.3 Å². The Morgan fingerprint density at radius 3 is 2.33 bits per heavy atom. The molecule has 0 aliphatic carbocycles. The molecule has 0 spiro atoms. The Morgan fingerprint density at radius 1 is 1.27 bits per heavy atom. The minimum Gasteiger partial charge on any atom is -0.496 e. The number of nitrogens with two attached hydrogens (primary N) is 1. The van der Waals surface area contributed by atoms with Crippen LogP contribution in [0.1, 0.15) is 17.2 Å². The third-order valence-corrected chi connectivity index (χ3v) is 2.65. The van der Waals surface area contributed by atoms with E-state index in [0.29, 0.717) is 5.88 Å². The van der Waals surface area contributed by atoms with E-state index in [2.05, 4.69) is 0 Å². The van der Waals surface area contributed by atoms with Gasteiger partial charge in [0.05, 0.1) is 14.2 Å². The van der Waals surface area contributed by atoms with Crippen LogP contribution in [0.25, 0.3) is 0 Å². The molecule has 3 nitrogen and oxygen atoms in total. The van der Waals surface area contributed by atoms with Gasteiger partial charge < -0.3 is 15.2 Å². The molecule has 0 radical (unpaired) electrons. The van der Waals surface area contributed by atoms with E-state index < -0.39 is 0 Å². The number of halogens is 1. The Balaban J connectivity index is 3.22. The molecule has 15 heavy (non-hydrogen) atoms. The van der Waals surface area contributed by atoms with Crippen LogP contribution in [0.2, 0.25) is 0 Å². The second-order valence-corrected chi connectivity index (χ2v) is 3.63. The highest BCUT2D eigenvalue weighted by molar-refractivity contribution is 6.18. The van der Waals surface area contributed by atoms with Crippen molar-refractivity contribution in [1.82, 2.24) is 0 Å². The number of hydrogen-bond acceptors (Lipinski definition) is 3. The monoisotopic (exact) mass is 229 g/mol. The zero-order valence-electron chi connectivity index (χ0n) is 9.21. The molecule has 1 unspecified atom stereocenters. The first-order chi connectivity index (χ1) is 7.13. The van der Waals surface area contributed by atoms with Gasteiger partial charge in [-0.25, -0.2) is 0 Å². The van der Waals surface area contributed by atoms with E-state index in [1.165, 1.54) is 0 Å². The van der Waals surface area contributed by atoms with Gasteiger partial charge in [0.2, 0.25) is 0 Å². The molecule has 0 aromatic heterocycles. The number of aryl methyl sites for hydroxylation is 1. The van der Waals surface area contributed by atoms with Crippen molar-refractivity contribution in [2.24, 2.45) is 5.73 Å². The van der Waals surface area contributed by atoms with Crippen LogP contribution in [0.5, 0.6) is 11.5 Å². The smallest absolute Gasteiger partial charge is 0.124 e. The van der Waals surface area contributed by atoms with Crippen molar-refractivity contribution in [1.29, 1.82) is 0 Å². The summed E-state index contributed by atoms with van der Waals surface area (Å²) in [4.78, 5) is 0. The van der Waals surface area contributed by atoms with Crippen molar-refractivity contribution in [3.63, 3.8) is 0 Å². The maximum absolute atomic E-state index is 5.88. The third kappa shape index (κ3) is 2.55. The molecule has 4 heteroatoms. The Bertz CT molecular complexity index is 342. The fourth-order valence-corrected chi connectivity index (χ4v) is 1.61. The van der Waals surface area contributed by atoms with Gasteiger partial charge in [-0.1, -0.05) is 0 Å². The number of ether oxygens (including phenoxy) is 2. The molecule has 0 amide bonds. The molecular weight excluding hydrogens is 214 g/mol. The number of alkyl halides is 1. The predicted octanol–water partition coefficient (Wildman–Crippen LogP) is 2.25. The van der Waals surface area contributed by atoms with Crippen molar-refractivity contribution in [2.45, 2.75) is 13.0 Å². The second kappa shape index (κ2) is 5.24. The molecule has 1 rings (SSSR count). The van der Waals surface area contributed by atoms with Gasteiger partial charge in [-0.05, 0) is 24.6 Å². The Hall–Kier alpha value is -0.930. The number of benzene rings is 1. The standard InChI is InChI=1S/C11H16ClNO2/c1-7-4-11(15-3)8(9(13)6-12)5-10(7)14-2/h4-5,9H,6,13H2,1-3H3. The SMILES string of the molecule is COc1cc(C(N)CCl)c(OC)cc1C. The van der Waals surface area contributed by atoms with Crippen molar-refractivity contribution < 1.29 is 9.47 Å². The topological polar surface area (TPSA) is 44.5 Å². The van der Waals surface area contributed by atoms with E-state index in [9.17, 15) is 0 Å². The lowest BCUT2D eigenvalue weighted by molar-refractivity contribution is 0.394. The first-order valence-electron chi connectivity index (χ1n) is 4.68. The van der Waals surface area contributed by atoms with E-state index in [-0.39, 0.29) is 6.04 Å². The van der Waals surface area contributed by atoms with Gasteiger partial charge in [0.1, 0.15) is 11.5 Å². The average molecular weight is 230 g/mol. The summed E-state index contributed by atoms with van der Waals surface area (Å²) in [5.74, 6) is 1.90. The summed E-state index contributed by atoms with van der Waals surface area (Å²) in [7, 11) is 3.25. The van der Waals surface area contributed by atoms with Gasteiger partial charge in [0.15, 0.2) is 0 Å². The molecule has 0 saturated heterocycles. The van der Waals surface area contributed by atoms with E-state index in [0.717, 1.165) is 22.6 Å². The van der Waals surface area contributed by atoms with E-state index in [4.69, 9.17) is 26.8 Å². The highest BCUT2D eigenvalue weighted by Gasteiger charge is 2.14. The normalized spacial score (nSPS) is 12.3. The van der Waals surface area contributed by atoms with Crippen molar-refractivity contribution in [3.8, 4) is 11.5 Å². The molecule has 0 saturated carbocycles. The molecule has 2 N–H and O–H groups in total.